The van der Waals surface area contributed by atoms with Crippen LogP contribution in [0, 0.1) is 11.3 Å². The molecule has 8 nitrogen and oxygen atoms in total. The standard InChI is InChI=1S/C34H31N5O3S/c35-22-26-11-5-6-12-31(26)43(41,42)38-28-17-18-30-29(21-28)32(34(40)37-30)33(25-9-3-1-4-10-25)36-27-15-13-24(14-16-27)23-39-19-7-2-8-20-39/h1,3-6,9-18,21,32,38H,2,7-8,19-20,23H2,(H,37,40). The van der Waals surface area contributed by atoms with Crippen molar-refractivity contribution in [1.29, 1.82) is 5.26 Å². The molecule has 0 radical (unpaired) electrons. The molecule has 2 heterocycles. The number of likely N-dealkylation sites (tertiary alicyclic amines) is 1. The zero-order valence-electron chi connectivity index (χ0n) is 23.5. The van der Waals surface area contributed by atoms with Crippen LogP contribution in [0.25, 0.3) is 0 Å². The number of hydrogen-bond donors (Lipinski definition) is 2. The lowest BCUT2D eigenvalue weighted by Gasteiger charge is -2.26. The topological polar surface area (TPSA) is 115 Å². The number of sulfonamides is 1. The smallest absolute Gasteiger partial charge is 0.263 e. The lowest BCUT2D eigenvalue weighted by atomic mass is 9.90. The number of amides is 1. The van der Waals surface area contributed by atoms with Gasteiger partial charge in [-0.25, -0.2) is 8.42 Å². The van der Waals surface area contributed by atoms with Gasteiger partial charge in [-0.15, -0.1) is 0 Å². The molecule has 0 bridgehead atoms. The van der Waals surface area contributed by atoms with Crippen LogP contribution in [0.4, 0.5) is 17.1 Å². The summed E-state index contributed by atoms with van der Waals surface area (Å²) >= 11 is 0. The van der Waals surface area contributed by atoms with Crippen molar-refractivity contribution in [3.63, 3.8) is 0 Å². The average Bonchev–Trinajstić information content (AvgIpc) is 3.36. The molecule has 4 aromatic carbocycles. The van der Waals surface area contributed by atoms with Crippen molar-refractivity contribution >= 4 is 38.7 Å². The highest BCUT2D eigenvalue weighted by Gasteiger charge is 2.36. The average molecular weight is 590 g/mol. The Kier molecular flexibility index (Phi) is 8.05. The number of aliphatic imine (C=N–C) groups is 1. The number of anilines is 2. The molecule has 1 atom stereocenters. The summed E-state index contributed by atoms with van der Waals surface area (Å²) in [6.45, 7) is 3.15. The summed E-state index contributed by atoms with van der Waals surface area (Å²) in [4.78, 5) is 20.8. The van der Waals surface area contributed by atoms with E-state index in [2.05, 4.69) is 27.1 Å². The van der Waals surface area contributed by atoms with Crippen LogP contribution in [0.1, 0.15) is 47.4 Å². The number of carbonyl (C=O) groups excluding carboxylic acids is 1. The summed E-state index contributed by atoms with van der Waals surface area (Å²) < 4.78 is 29.0. The molecule has 9 heteroatoms. The van der Waals surface area contributed by atoms with Crippen molar-refractivity contribution < 1.29 is 13.2 Å². The van der Waals surface area contributed by atoms with Gasteiger partial charge in [0, 0.05) is 17.9 Å². The monoisotopic (exact) mass is 589 g/mol. The summed E-state index contributed by atoms with van der Waals surface area (Å²) in [6.07, 6.45) is 3.78. The van der Waals surface area contributed by atoms with E-state index >= 15 is 0 Å². The van der Waals surface area contributed by atoms with Gasteiger partial charge in [-0.2, -0.15) is 5.26 Å². The van der Waals surface area contributed by atoms with Crippen LogP contribution >= 0.6 is 0 Å². The van der Waals surface area contributed by atoms with Crippen LogP contribution in [0.3, 0.4) is 0 Å². The first-order valence-corrected chi connectivity index (χ1v) is 15.8. The lowest BCUT2D eigenvalue weighted by Crippen LogP contribution is -2.28. The van der Waals surface area contributed by atoms with Gasteiger partial charge in [0.05, 0.1) is 17.0 Å². The molecule has 2 aliphatic rings. The fraction of sp³-hybridized carbons (Fsp3) is 0.206. The molecular formula is C34H31N5O3S. The van der Waals surface area contributed by atoms with Gasteiger partial charge in [-0.3, -0.25) is 19.4 Å². The number of nitrogens with zero attached hydrogens (tertiary/aromatic N) is 3. The van der Waals surface area contributed by atoms with Crippen molar-refractivity contribution in [2.75, 3.05) is 23.1 Å². The Bertz CT molecular complexity index is 1820. The molecule has 6 rings (SSSR count). The fourth-order valence-corrected chi connectivity index (χ4v) is 6.90. The number of nitriles is 1. The van der Waals surface area contributed by atoms with Crippen molar-refractivity contribution in [3.8, 4) is 6.07 Å². The Hall–Kier alpha value is -4.78. The largest absolute Gasteiger partial charge is 0.325 e. The minimum atomic E-state index is -4.05. The third-order valence-electron chi connectivity index (χ3n) is 7.82. The number of rotatable bonds is 8. The number of nitrogens with one attached hydrogen (secondary N) is 2. The summed E-state index contributed by atoms with van der Waals surface area (Å²) in [5, 5.41) is 12.3. The molecule has 1 unspecified atom stereocenters. The molecule has 2 N–H and O–H groups in total. The van der Waals surface area contributed by atoms with E-state index in [9.17, 15) is 18.5 Å². The van der Waals surface area contributed by atoms with Crippen LogP contribution in [0.15, 0.2) is 107 Å². The quantitative estimate of drug-likeness (QED) is 0.238. The highest BCUT2D eigenvalue weighted by molar-refractivity contribution is 7.92. The second-order valence-corrected chi connectivity index (χ2v) is 12.5. The zero-order chi connectivity index (χ0) is 29.8. The number of hydrogen-bond acceptors (Lipinski definition) is 6. The van der Waals surface area contributed by atoms with E-state index in [1.165, 1.54) is 37.0 Å². The molecule has 216 valence electrons. The maximum absolute atomic E-state index is 13.4. The number of benzene rings is 4. The van der Waals surface area contributed by atoms with E-state index in [-0.39, 0.29) is 22.1 Å². The Labute approximate surface area is 251 Å². The maximum Gasteiger partial charge on any atom is 0.263 e. The van der Waals surface area contributed by atoms with Crippen molar-refractivity contribution in [1.82, 2.24) is 4.90 Å². The van der Waals surface area contributed by atoms with Gasteiger partial charge in [0.1, 0.15) is 16.9 Å². The first-order chi connectivity index (χ1) is 20.9. The third-order valence-corrected chi connectivity index (χ3v) is 9.26. The summed E-state index contributed by atoms with van der Waals surface area (Å²) in [5.74, 6) is -1.00. The Morgan fingerprint density at radius 1 is 0.930 bits per heavy atom. The Morgan fingerprint density at radius 3 is 2.40 bits per heavy atom. The molecular weight excluding hydrogens is 558 g/mol. The van der Waals surface area contributed by atoms with Gasteiger partial charge >= 0.3 is 0 Å². The van der Waals surface area contributed by atoms with Crippen LogP contribution < -0.4 is 10.0 Å². The maximum atomic E-state index is 13.4. The molecule has 43 heavy (non-hydrogen) atoms. The summed E-state index contributed by atoms with van der Waals surface area (Å²) in [5.41, 5.74) is 4.85. The van der Waals surface area contributed by atoms with E-state index in [1.54, 1.807) is 30.3 Å². The van der Waals surface area contributed by atoms with Crippen molar-refractivity contribution in [2.24, 2.45) is 4.99 Å². The SMILES string of the molecule is N#Cc1ccccc1S(=O)(=O)Nc1ccc2c(c1)C(C(=Nc1ccc(CN3CCCCC3)cc1)c1ccccc1)C(=O)N2. The summed E-state index contributed by atoms with van der Waals surface area (Å²) in [6, 6.07) is 30.6. The minimum Gasteiger partial charge on any atom is -0.325 e. The van der Waals surface area contributed by atoms with Gasteiger partial charge in [-0.05, 0) is 85.1 Å². The third kappa shape index (κ3) is 6.21. The van der Waals surface area contributed by atoms with E-state index in [0.717, 1.165) is 30.9 Å². The Morgan fingerprint density at radius 2 is 1.65 bits per heavy atom. The van der Waals surface area contributed by atoms with Gasteiger partial charge in [-0.1, -0.05) is 61.0 Å². The van der Waals surface area contributed by atoms with Crippen LogP contribution in [-0.2, 0) is 21.4 Å². The predicted octanol–water partition coefficient (Wildman–Crippen LogP) is 6.20. The normalized spacial score (nSPS) is 17.1. The first-order valence-electron chi connectivity index (χ1n) is 14.3. The number of fused-ring (bicyclic) bond motifs is 1. The van der Waals surface area contributed by atoms with E-state index in [4.69, 9.17) is 4.99 Å². The van der Waals surface area contributed by atoms with Crippen molar-refractivity contribution in [3.05, 3.63) is 119 Å². The second-order valence-electron chi connectivity index (χ2n) is 10.8. The van der Waals surface area contributed by atoms with Gasteiger partial charge in [0.15, 0.2) is 0 Å². The van der Waals surface area contributed by atoms with Gasteiger partial charge < -0.3 is 5.32 Å². The zero-order valence-corrected chi connectivity index (χ0v) is 24.3. The molecule has 0 spiro atoms. The molecule has 0 saturated carbocycles. The highest BCUT2D eigenvalue weighted by atomic mass is 32.2. The van der Waals surface area contributed by atoms with Crippen LogP contribution in [-0.4, -0.2) is 38.0 Å². The number of piperidine rings is 1. The van der Waals surface area contributed by atoms with Crippen molar-refractivity contribution in [2.45, 2.75) is 36.6 Å². The predicted molar refractivity (Wildman–Crippen MR) is 168 cm³/mol. The van der Waals surface area contributed by atoms with Gasteiger partial charge in [0.2, 0.25) is 5.91 Å². The molecule has 4 aromatic rings. The molecule has 1 amide bonds. The minimum absolute atomic E-state index is 0.0475. The molecule has 0 aromatic heterocycles. The Balaban J connectivity index is 1.33. The molecule has 1 saturated heterocycles. The first kappa shape index (κ1) is 28.3. The lowest BCUT2D eigenvalue weighted by molar-refractivity contribution is -0.115. The van der Waals surface area contributed by atoms with E-state index < -0.39 is 15.9 Å². The highest BCUT2D eigenvalue weighted by Crippen LogP contribution is 2.38. The fourth-order valence-electron chi connectivity index (χ4n) is 5.70. The molecule has 1 fully saturated rings. The van der Waals surface area contributed by atoms with Crippen LogP contribution in [0.5, 0.6) is 0 Å². The summed E-state index contributed by atoms with van der Waals surface area (Å²) in [7, 11) is -4.05. The molecule has 0 aliphatic carbocycles. The van der Waals surface area contributed by atoms with Crippen LogP contribution in [0.2, 0.25) is 0 Å². The van der Waals surface area contributed by atoms with E-state index in [0.29, 0.717) is 17.0 Å². The second kappa shape index (κ2) is 12.2. The number of carbonyl (C=O) groups is 1. The van der Waals surface area contributed by atoms with E-state index in [1.807, 2.05) is 48.5 Å². The van der Waals surface area contributed by atoms with Gasteiger partial charge in [0.25, 0.3) is 10.0 Å². The molecule has 2 aliphatic heterocycles.